The number of carbonyl (C=O) groups excluding carboxylic acids is 1. The van der Waals surface area contributed by atoms with Gasteiger partial charge in [0.15, 0.2) is 0 Å². The first-order valence-electron chi connectivity index (χ1n) is 7.68. The fourth-order valence-electron chi connectivity index (χ4n) is 2.72. The summed E-state index contributed by atoms with van der Waals surface area (Å²) in [5.41, 5.74) is 6.41. The summed E-state index contributed by atoms with van der Waals surface area (Å²) in [7, 11) is 0. The lowest BCUT2D eigenvalue weighted by Gasteiger charge is -2.16. The number of amides is 1. The molecule has 7 heteroatoms. The summed E-state index contributed by atoms with van der Waals surface area (Å²) in [6.07, 6.45) is 2.16. The molecule has 0 bridgehead atoms. The molecule has 0 spiro atoms. The second-order valence-corrected chi connectivity index (χ2v) is 6.32. The van der Waals surface area contributed by atoms with Gasteiger partial charge >= 0.3 is 0 Å². The molecule has 2 heterocycles. The van der Waals surface area contributed by atoms with Crippen LogP contribution in [0.25, 0.3) is 0 Å². The van der Waals surface area contributed by atoms with E-state index in [0.29, 0.717) is 36.3 Å². The predicted octanol–water partition coefficient (Wildman–Crippen LogP) is 1.22. The van der Waals surface area contributed by atoms with Gasteiger partial charge in [-0.05, 0) is 32.1 Å². The molecular weight excluding hydrogens is 268 g/mol. The Morgan fingerprint density at radius 3 is 2.57 bits per heavy atom. The molecule has 4 N–H and O–H groups in total. The summed E-state index contributed by atoms with van der Waals surface area (Å²) in [5.74, 6) is 2.12. The van der Waals surface area contributed by atoms with Crippen molar-refractivity contribution in [1.82, 2.24) is 26.0 Å². The van der Waals surface area contributed by atoms with Crippen molar-refractivity contribution in [2.75, 3.05) is 5.32 Å². The van der Waals surface area contributed by atoms with E-state index in [-0.39, 0.29) is 5.91 Å². The van der Waals surface area contributed by atoms with E-state index in [1.807, 2.05) is 0 Å². The van der Waals surface area contributed by atoms with Gasteiger partial charge in [-0.25, -0.2) is 0 Å². The number of nitrogens with one attached hydrogen (secondary N) is 4. The Kier molecular flexibility index (Phi) is 5.30. The topological polar surface area (TPSA) is 94.7 Å². The van der Waals surface area contributed by atoms with Gasteiger partial charge < -0.3 is 0 Å². The molecular formula is C14H26N6O. The maximum Gasteiger partial charge on any atom is 0.248 e. The van der Waals surface area contributed by atoms with E-state index >= 15 is 0 Å². The lowest BCUT2D eigenvalue weighted by molar-refractivity contribution is -0.116. The van der Waals surface area contributed by atoms with Crippen LogP contribution in [0, 0.1) is 11.8 Å². The van der Waals surface area contributed by atoms with Crippen molar-refractivity contribution in [2.45, 2.75) is 59.0 Å². The fraction of sp³-hybridized carbons (Fsp3) is 0.786. The first-order chi connectivity index (χ1) is 9.95. The Morgan fingerprint density at radius 1 is 1.29 bits per heavy atom. The van der Waals surface area contributed by atoms with Gasteiger partial charge in [0.25, 0.3) is 0 Å². The van der Waals surface area contributed by atoms with Gasteiger partial charge in [-0.1, -0.05) is 13.8 Å². The molecule has 2 unspecified atom stereocenters. The van der Waals surface area contributed by atoms with Crippen LogP contribution in [0.2, 0.25) is 0 Å². The number of hydrogen-bond donors (Lipinski definition) is 4. The Bertz CT molecular complexity index is 462. The molecule has 7 nitrogen and oxygen atoms in total. The van der Waals surface area contributed by atoms with Crippen LogP contribution < -0.4 is 16.2 Å². The number of H-pyrrole nitrogens is 1. The molecule has 1 aromatic heterocycles. The minimum atomic E-state index is -0.0311. The van der Waals surface area contributed by atoms with Gasteiger partial charge in [0.2, 0.25) is 11.9 Å². The van der Waals surface area contributed by atoms with Crippen LogP contribution in [0.4, 0.5) is 5.95 Å². The second-order valence-electron chi connectivity index (χ2n) is 6.32. The van der Waals surface area contributed by atoms with Crippen molar-refractivity contribution < 1.29 is 4.79 Å². The zero-order valence-electron chi connectivity index (χ0n) is 13.2. The molecule has 1 amide bonds. The van der Waals surface area contributed by atoms with Crippen LogP contribution in [0.5, 0.6) is 0 Å². The smallest absolute Gasteiger partial charge is 0.248 e. The molecule has 1 fully saturated rings. The SMILES string of the molecule is CC(C)Cc1nc(NC(=O)CCC2C(C)NNC2C)n[nH]1. The Hall–Kier alpha value is -1.47. The van der Waals surface area contributed by atoms with Crippen molar-refractivity contribution in [3.63, 3.8) is 0 Å². The monoisotopic (exact) mass is 294 g/mol. The van der Waals surface area contributed by atoms with Crippen LogP contribution in [-0.2, 0) is 11.2 Å². The molecule has 21 heavy (non-hydrogen) atoms. The quantitative estimate of drug-likeness (QED) is 0.633. The van der Waals surface area contributed by atoms with E-state index in [9.17, 15) is 4.79 Å². The highest BCUT2D eigenvalue weighted by Gasteiger charge is 2.29. The standard InChI is InChI=1S/C14H26N6O/c1-8(2)7-12-15-14(20-19-12)16-13(21)6-5-11-9(3)17-18-10(11)4/h8-11,17-18H,5-7H2,1-4H3,(H2,15,16,19,20,21). The number of carbonyl (C=O) groups is 1. The van der Waals surface area contributed by atoms with Crippen LogP contribution >= 0.6 is 0 Å². The summed E-state index contributed by atoms with van der Waals surface area (Å²) >= 11 is 0. The van der Waals surface area contributed by atoms with Gasteiger partial charge in [-0.15, -0.1) is 5.10 Å². The van der Waals surface area contributed by atoms with Gasteiger partial charge in [0.1, 0.15) is 5.82 Å². The Balaban J connectivity index is 1.78. The van der Waals surface area contributed by atoms with E-state index in [1.54, 1.807) is 0 Å². The lowest BCUT2D eigenvalue weighted by atomic mass is 9.91. The first-order valence-corrected chi connectivity index (χ1v) is 7.68. The molecule has 1 aromatic rings. The highest BCUT2D eigenvalue weighted by atomic mass is 16.1. The molecule has 2 atom stereocenters. The lowest BCUT2D eigenvalue weighted by Crippen LogP contribution is -2.30. The summed E-state index contributed by atoms with van der Waals surface area (Å²) in [6.45, 7) is 8.50. The molecule has 1 aliphatic rings. The number of rotatable bonds is 6. The number of hydrazine groups is 1. The number of nitrogens with zero attached hydrogens (tertiary/aromatic N) is 2. The molecule has 0 saturated carbocycles. The molecule has 0 radical (unpaired) electrons. The van der Waals surface area contributed by atoms with Crippen molar-refractivity contribution in [3.8, 4) is 0 Å². The number of aromatic amines is 1. The molecule has 0 aromatic carbocycles. The summed E-state index contributed by atoms with van der Waals surface area (Å²) in [5, 5.41) is 9.64. The van der Waals surface area contributed by atoms with E-state index in [4.69, 9.17) is 0 Å². The van der Waals surface area contributed by atoms with E-state index in [1.165, 1.54) is 0 Å². The van der Waals surface area contributed by atoms with Gasteiger partial charge in [0.05, 0.1) is 0 Å². The zero-order chi connectivity index (χ0) is 15.4. The largest absolute Gasteiger partial charge is 0.293 e. The number of aromatic nitrogens is 3. The summed E-state index contributed by atoms with van der Waals surface area (Å²) in [4.78, 5) is 16.2. The third-order valence-corrected chi connectivity index (χ3v) is 3.91. The Labute approximate surface area is 125 Å². The third kappa shape index (κ3) is 4.50. The minimum Gasteiger partial charge on any atom is -0.293 e. The highest BCUT2D eigenvalue weighted by molar-refractivity contribution is 5.88. The fourth-order valence-corrected chi connectivity index (χ4v) is 2.72. The number of hydrogen-bond acceptors (Lipinski definition) is 5. The first kappa shape index (κ1) is 15.9. The number of anilines is 1. The molecule has 118 valence electrons. The average Bonchev–Trinajstić information content (AvgIpc) is 2.95. The van der Waals surface area contributed by atoms with E-state index in [2.05, 4.69) is 59.0 Å². The maximum atomic E-state index is 12.0. The normalized spacial score (nSPS) is 25.5. The minimum absolute atomic E-state index is 0.0311. The third-order valence-electron chi connectivity index (χ3n) is 3.91. The van der Waals surface area contributed by atoms with Gasteiger partial charge in [-0.2, -0.15) is 4.98 Å². The van der Waals surface area contributed by atoms with Crippen molar-refractivity contribution in [2.24, 2.45) is 11.8 Å². The van der Waals surface area contributed by atoms with Crippen molar-refractivity contribution in [3.05, 3.63) is 5.82 Å². The predicted molar refractivity (Wildman–Crippen MR) is 81.5 cm³/mol. The van der Waals surface area contributed by atoms with Crippen LogP contribution in [-0.4, -0.2) is 33.2 Å². The van der Waals surface area contributed by atoms with Crippen LogP contribution in [0.1, 0.15) is 46.4 Å². The van der Waals surface area contributed by atoms with E-state index < -0.39 is 0 Å². The van der Waals surface area contributed by atoms with Crippen LogP contribution in [0.3, 0.4) is 0 Å². The summed E-state index contributed by atoms with van der Waals surface area (Å²) < 4.78 is 0. The van der Waals surface area contributed by atoms with Crippen molar-refractivity contribution in [1.29, 1.82) is 0 Å². The van der Waals surface area contributed by atoms with Gasteiger partial charge in [-0.3, -0.25) is 26.1 Å². The average molecular weight is 294 g/mol. The highest BCUT2D eigenvalue weighted by Crippen LogP contribution is 2.20. The zero-order valence-corrected chi connectivity index (χ0v) is 13.2. The molecule has 1 aliphatic heterocycles. The van der Waals surface area contributed by atoms with E-state index in [0.717, 1.165) is 18.7 Å². The molecule has 2 rings (SSSR count). The maximum absolute atomic E-state index is 12.0. The van der Waals surface area contributed by atoms with Crippen molar-refractivity contribution >= 4 is 11.9 Å². The summed E-state index contributed by atoms with van der Waals surface area (Å²) in [6, 6.07) is 0.767. The van der Waals surface area contributed by atoms with Gasteiger partial charge in [0, 0.05) is 24.9 Å². The second kappa shape index (κ2) is 7.00. The molecule has 1 saturated heterocycles. The molecule has 0 aliphatic carbocycles. The Morgan fingerprint density at radius 2 is 1.95 bits per heavy atom. The van der Waals surface area contributed by atoms with Crippen LogP contribution in [0.15, 0.2) is 0 Å².